The molecule has 14 heteroatoms. The quantitative estimate of drug-likeness (QED) is 0.0280. The fourth-order valence-corrected chi connectivity index (χ4v) is 5.41. The van der Waals surface area contributed by atoms with Crippen molar-refractivity contribution in [1.29, 1.82) is 0 Å². The van der Waals surface area contributed by atoms with E-state index in [2.05, 4.69) is 13.2 Å². The lowest BCUT2D eigenvalue weighted by Gasteiger charge is -2.11. The topological polar surface area (TPSA) is 176 Å². The highest BCUT2D eigenvalue weighted by Gasteiger charge is 2.16. The monoisotopic (exact) mass is 856 g/mol. The van der Waals surface area contributed by atoms with E-state index >= 15 is 0 Å². The molecule has 0 aliphatic rings. The number of ether oxygens (including phenoxy) is 8. The number of carbonyl (C=O) groups is 6. The Kier molecular flexibility index (Phi) is 17.3. The predicted octanol–water partition coefficient (Wildman–Crippen LogP) is 8.65. The molecule has 14 nitrogen and oxygen atoms in total. The molecular weight excluding hydrogens is 813 g/mol. The molecule has 5 rings (SSSR count). The van der Waals surface area contributed by atoms with Crippen LogP contribution < -0.4 is 28.4 Å². The van der Waals surface area contributed by atoms with Gasteiger partial charge in [0.05, 0.1) is 48.7 Å². The van der Waals surface area contributed by atoms with Crippen molar-refractivity contribution in [3.05, 3.63) is 168 Å². The summed E-state index contributed by atoms with van der Waals surface area (Å²) >= 11 is 0. The third-order valence-corrected chi connectivity index (χ3v) is 8.78. The van der Waals surface area contributed by atoms with Gasteiger partial charge in [-0.15, -0.1) is 0 Å². The molecule has 0 N–H and O–H groups in total. The van der Waals surface area contributed by atoms with Crippen LogP contribution in [0, 0.1) is 6.92 Å². The molecule has 0 atom stereocenters. The van der Waals surface area contributed by atoms with Crippen molar-refractivity contribution in [1.82, 2.24) is 0 Å². The van der Waals surface area contributed by atoms with E-state index < -0.39 is 35.8 Å². The summed E-state index contributed by atoms with van der Waals surface area (Å²) in [5.74, 6) is -1.43. The van der Waals surface area contributed by atoms with Crippen molar-refractivity contribution in [2.75, 3.05) is 26.4 Å². The Hall–Kier alpha value is -8.00. The van der Waals surface area contributed by atoms with Gasteiger partial charge in [-0.3, -0.25) is 0 Å². The van der Waals surface area contributed by atoms with Crippen molar-refractivity contribution in [2.24, 2.45) is 0 Å². The van der Waals surface area contributed by atoms with Crippen molar-refractivity contribution in [2.45, 2.75) is 32.6 Å². The number of rotatable bonds is 22. The highest BCUT2D eigenvalue weighted by Crippen LogP contribution is 2.25. The van der Waals surface area contributed by atoms with Gasteiger partial charge < -0.3 is 37.9 Å². The van der Waals surface area contributed by atoms with E-state index in [0.717, 1.165) is 12.2 Å². The largest absolute Gasteiger partial charge is 0.494 e. The molecule has 5 aromatic carbocycles. The lowest BCUT2D eigenvalue weighted by atomic mass is 10.1. The second kappa shape index (κ2) is 23.7. The van der Waals surface area contributed by atoms with Crippen molar-refractivity contribution in [3.8, 4) is 34.5 Å². The first-order valence-electron chi connectivity index (χ1n) is 19.7. The first-order valence-corrected chi connectivity index (χ1v) is 19.7. The number of hydrogen-bond acceptors (Lipinski definition) is 14. The minimum Gasteiger partial charge on any atom is -0.494 e. The summed E-state index contributed by atoms with van der Waals surface area (Å²) in [6, 6.07) is 29.2. The lowest BCUT2D eigenvalue weighted by Crippen LogP contribution is -2.12. The van der Waals surface area contributed by atoms with Gasteiger partial charge in [0.1, 0.15) is 34.5 Å². The Bertz CT molecular complexity index is 2380. The smallest absolute Gasteiger partial charge is 0.343 e. The van der Waals surface area contributed by atoms with Gasteiger partial charge >= 0.3 is 35.8 Å². The van der Waals surface area contributed by atoms with Crippen LogP contribution in [0.2, 0.25) is 0 Å². The van der Waals surface area contributed by atoms with Crippen LogP contribution in [-0.4, -0.2) is 62.2 Å². The molecule has 324 valence electrons. The molecule has 0 amide bonds. The van der Waals surface area contributed by atoms with Gasteiger partial charge in [0.2, 0.25) is 0 Å². The van der Waals surface area contributed by atoms with E-state index in [-0.39, 0.29) is 47.3 Å². The highest BCUT2D eigenvalue weighted by atomic mass is 16.6. The molecule has 0 aliphatic carbocycles. The molecule has 0 unspecified atom stereocenters. The zero-order valence-electron chi connectivity index (χ0n) is 34.4. The molecule has 0 saturated heterocycles. The van der Waals surface area contributed by atoms with Crippen LogP contribution in [0.15, 0.2) is 141 Å². The standard InChI is InChI=1S/C49H44O14/c1-4-44(50)58-30-8-6-28-56-38-17-10-34(11-18-38)46(52)60-40-21-14-36(15-22-40)48(54)63-43-27-16-37(32-33(43)3)49(55)62-42-25-23-41(24-26-42)61-47(53)35-12-19-39(20-13-35)57-29-7-9-31-59-45(51)5-2/h4-5,10-27,32H,1-2,6-9,28-31H2,3H3. The maximum atomic E-state index is 12.9. The van der Waals surface area contributed by atoms with Crippen LogP contribution in [-0.2, 0) is 19.1 Å². The van der Waals surface area contributed by atoms with Gasteiger partial charge in [-0.05, 0) is 153 Å². The molecule has 5 aromatic rings. The second-order valence-corrected chi connectivity index (χ2v) is 13.4. The lowest BCUT2D eigenvalue weighted by molar-refractivity contribution is -0.138. The molecular formula is C49H44O14. The SMILES string of the molecule is C=CC(=O)OCCCCOc1ccc(C(=O)Oc2ccc(OC(=O)c3ccc(OC(=O)c4ccc(OC(=O)c5ccc(OCCCCOC(=O)C=C)cc5)cc4)c(C)c3)cc2)cc1. The number of esters is 6. The molecule has 0 bridgehead atoms. The second-order valence-electron chi connectivity index (χ2n) is 13.4. The molecule has 0 aliphatic heterocycles. The maximum Gasteiger partial charge on any atom is 0.343 e. The van der Waals surface area contributed by atoms with Gasteiger partial charge in [-0.25, -0.2) is 28.8 Å². The molecule has 0 heterocycles. The van der Waals surface area contributed by atoms with Gasteiger partial charge in [0.25, 0.3) is 0 Å². The van der Waals surface area contributed by atoms with E-state index in [9.17, 15) is 28.8 Å². The van der Waals surface area contributed by atoms with E-state index in [4.69, 9.17) is 37.9 Å². The van der Waals surface area contributed by atoms with E-state index in [1.165, 1.54) is 66.7 Å². The Balaban J connectivity index is 1.03. The summed E-state index contributed by atoms with van der Waals surface area (Å²) in [6.07, 6.45) is 4.83. The summed E-state index contributed by atoms with van der Waals surface area (Å²) in [4.78, 5) is 73.4. The van der Waals surface area contributed by atoms with E-state index in [0.29, 0.717) is 67.1 Å². The predicted molar refractivity (Wildman–Crippen MR) is 229 cm³/mol. The van der Waals surface area contributed by atoms with Crippen LogP contribution in [0.3, 0.4) is 0 Å². The third kappa shape index (κ3) is 14.9. The average Bonchev–Trinajstić information content (AvgIpc) is 3.30. The van der Waals surface area contributed by atoms with E-state index in [1.807, 2.05) is 0 Å². The normalized spacial score (nSPS) is 10.4. The Morgan fingerprint density at radius 2 is 0.730 bits per heavy atom. The van der Waals surface area contributed by atoms with E-state index in [1.54, 1.807) is 55.5 Å². The Morgan fingerprint density at radius 1 is 0.413 bits per heavy atom. The fourth-order valence-electron chi connectivity index (χ4n) is 5.41. The maximum absolute atomic E-state index is 12.9. The number of aryl methyl sites for hydroxylation is 1. The van der Waals surface area contributed by atoms with Crippen molar-refractivity contribution < 1.29 is 66.7 Å². The van der Waals surface area contributed by atoms with Crippen LogP contribution in [0.1, 0.15) is 72.7 Å². The summed E-state index contributed by atoms with van der Waals surface area (Å²) in [7, 11) is 0. The van der Waals surface area contributed by atoms with Crippen molar-refractivity contribution in [3.63, 3.8) is 0 Å². The van der Waals surface area contributed by atoms with Gasteiger partial charge in [-0.1, -0.05) is 13.2 Å². The van der Waals surface area contributed by atoms with Gasteiger partial charge in [-0.2, -0.15) is 0 Å². The molecule has 0 saturated carbocycles. The summed E-state index contributed by atoms with van der Waals surface area (Å²) in [6.45, 7) is 9.73. The molecule has 0 spiro atoms. The number of carbonyl (C=O) groups excluding carboxylic acids is 6. The minimum atomic E-state index is -0.666. The number of benzene rings is 5. The van der Waals surface area contributed by atoms with Crippen LogP contribution in [0.25, 0.3) is 0 Å². The molecule has 0 fully saturated rings. The highest BCUT2D eigenvalue weighted by molar-refractivity contribution is 5.94. The zero-order valence-corrected chi connectivity index (χ0v) is 34.4. The molecule has 63 heavy (non-hydrogen) atoms. The summed E-state index contributed by atoms with van der Waals surface area (Å²) < 4.78 is 43.1. The molecule has 0 aromatic heterocycles. The summed E-state index contributed by atoms with van der Waals surface area (Å²) in [5, 5.41) is 0. The number of hydrogen-bond donors (Lipinski definition) is 0. The Morgan fingerprint density at radius 3 is 1.11 bits per heavy atom. The van der Waals surface area contributed by atoms with Gasteiger partial charge in [0.15, 0.2) is 0 Å². The number of unbranched alkanes of at least 4 members (excludes halogenated alkanes) is 2. The zero-order chi connectivity index (χ0) is 45.0. The fraction of sp³-hybridized carbons (Fsp3) is 0.184. The van der Waals surface area contributed by atoms with Crippen LogP contribution >= 0.6 is 0 Å². The molecule has 0 radical (unpaired) electrons. The van der Waals surface area contributed by atoms with Crippen LogP contribution in [0.5, 0.6) is 34.5 Å². The first-order chi connectivity index (χ1) is 30.5. The summed E-state index contributed by atoms with van der Waals surface area (Å²) in [5.41, 5.74) is 1.50. The first kappa shape index (κ1) is 46.1. The van der Waals surface area contributed by atoms with Crippen molar-refractivity contribution >= 4 is 35.8 Å². The van der Waals surface area contributed by atoms with Gasteiger partial charge in [0, 0.05) is 12.2 Å². The van der Waals surface area contributed by atoms with Crippen LogP contribution in [0.4, 0.5) is 0 Å². The average molecular weight is 857 g/mol. The third-order valence-electron chi connectivity index (χ3n) is 8.78. The minimum absolute atomic E-state index is 0.199. The Labute approximate surface area is 363 Å².